The van der Waals surface area contributed by atoms with Gasteiger partial charge in [0.05, 0.1) is 0 Å². The molecule has 0 saturated heterocycles. The predicted octanol–water partition coefficient (Wildman–Crippen LogP) is 8.81. The number of nitrogens with zero attached hydrogens (tertiary/aromatic N) is 1. The highest BCUT2D eigenvalue weighted by atomic mass is 16.1. The zero-order chi connectivity index (χ0) is 24.4. The lowest BCUT2D eigenvalue weighted by molar-refractivity contribution is 0.103. The van der Waals surface area contributed by atoms with E-state index in [1.807, 2.05) is 18.2 Å². The van der Waals surface area contributed by atoms with Gasteiger partial charge in [-0.05, 0) is 107 Å². The highest BCUT2D eigenvalue weighted by Gasteiger charge is 2.15. The molecule has 0 aliphatic carbocycles. The van der Waals surface area contributed by atoms with Crippen molar-refractivity contribution in [2.45, 2.75) is 20.4 Å². The standard InChI is InChI=1S/C34H25NO/c1-3-35-32-12-8-21(2)14-30(32)31-20-26(11-13-33(31)35)34(36)25-10-9-24-17-28-15-22-6-4-5-7-23(22)16-29(28)19-27(24)18-25/h4-20H,3H2,1-2H3. The number of rotatable bonds is 3. The predicted molar refractivity (Wildman–Crippen MR) is 152 cm³/mol. The first-order valence-electron chi connectivity index (χ1n) is 12.5. The van der Waals surface area contributed by atoms with Crippen molar-refractivity contribution in [3.05, 3.63) is 120 Å². The van der Waals surface area contributed by atoms with Crippen molar-refractivity contribution >= 4 is 59.9 Å². The largest absolute Gasteiger partial charge is 0.341 e. The van der Waals surface area contributed by atoms with Crippen LogP contribution in [0.1, 0.15) is 28.4 Å². The third-order valence-corrected chi connectivity index (χ3v) is 7.52. The fourth-order valence-corrected chi connectivity index (χ4v) is 5.70. The number of aryl methyl sites for hydroxylation is 2. The van der Waals surface area contributed by atoms with E-state index in [4.69, 9.17) is 0 Å². The number of fused-ring (bicyclic) bond motifs is 6. The van der Waals surface area contributed by atoms with Gasteiger partial charge in [0.25, 0.3) is 0 Å². The molecule has 0 spiro atoms. The minimum absolute atomic E-state index is 0.0578. The molecule has 36 heavy (non-hydrogen) atoms. The van der Waals surface area contributed by atoms with Gasteiger partial charge in [-0.25, -0.2) is 0 Å². The minimum Gasteiger partial charge on any atom is -0.341 e. The molecule has 0 bridgehead atoms. The van der Waals surface area contributed by atoms with Gasteiger partial charge >= 0.3 is 0 Å². The molecule has 0 radical (unpaired) electrons. The maximum absolute atomic E-state index is 13.6. The van der Waals surface area contributed by atoms with Crippen LogP contribution in [0.15, 0.2) is 103 Å². The summed E-state index contributed by atoms with van der Waals surface area (Å²) in [5.41, 5.74) is 5.06. The molecule has 7 rings (SSSR count). The van der Waals surface area contributed by atoms with E-state index in [1.54, 1.807) is 0 Å². The van der Waals surface area contributed by atoms with Crippen LogP contribution in [0, 0.1) is 6.92 Å². The van der Waals surface area contributed by atoms with Gasteiger partial charge in [-0.15, -0.1) is 0 Å². The lowest BCUT2D eigenvalue weighted by atomic mass is 9.96. The number of hydrogen-bond donors (Lipinski definition) is 0. The molecule has 6 aromatic carbocycles. The van der Waals surface area contributed by atoms with Gasteiger partial charge < -0.3 is 4.57 Å². The van der Waals surface area contributed by atoms with Crippen molar-refractivity contribution < 1.29 is 4.79 Å². The molecule has 0 fully saturated rings. The van der Waals surface area contributed by atoms with Crippen LogP contribution in [0.25, 0.3) is 54.1 Å². The normalized spacial score (nSPS) is 11.8. The Labute approximate surface area is 209 Å². The van der Waals surface area contributed by atoms with Crippen LogP contribution < -0.4 is 0 Å². The van der Waals surface area contributed by atoms with Crippen molar-refractivity contribution in [1.82, 2.24) is 4.57 Å². The number of carbonyl (C=O) groups excluding carboxylic acids is 1. The molecule has 0 aliphatic rings. The molecule has 0 amide bonds. The number of carbonyl (C=O) groups is 1. The molecule has 2 nitrogen and oxygen atoms in total. The fraction of sp³-hybridized carbons (Fsp3) is 0.0882. The van der Waals surface area contributed by atoms with E-state index in [2.05, 4.69) is 103 Å². The Kier molecular flexibility index (Phi) is 4.52. The van der Waals surface area contributed by atoms with Crippen LogP contribution in [0.3, 0.4) is 0 Å². The van der Waals surface area contributed by atoms with E-state index in [9.17, 15) is 4.79 Å². The summed E-state index contributed by atoms with van der Waals surface area (Å²) in [6.07, 6.45) is 0. The van der Waals surface area contributed by atoms with Crippen LogP contribution in [-0.4, -0.2) is 10.4 Å². The van der Waals surface area contributed by atoms with Gasteiger partial charge in [-0.1, -0.05) is 48.0 Å². The molecule has 1 heterocycles. The zero-order valence-corrected chi connectivity index (χ0v) is 20.4. The Morgan fingerprint density at radius 3 is 1.81 bits per heavy atom. The summed E-state index contributed by atoms with van der Waals surface area (Å²) in [5.74, 6) is 0.0578. The minimum atomic E-state index is 0.0578. The van der Waals surface area contributed by atoms with Gasteiger partial charge in [-0.2, -0.15) is 0 Å². The van der Waals surface area contributed by atoms with Gasteiger partial charge in [0.1, 0.15) is 0 Å². The topological polar surface area (TPSA) is 22.0 Å². The molecule has 0 unspecified atom stereocenters. The van der Waals surface area contributed by atoms with Gasteiger partial charge in [0.2, 0.25) is 0 Å². The summed E-state index contributed by atoms with van der Waals surface area (Å²) in [6, 6.07) is 36.1. The number of ketones is 1. The second-order valence-corrected chi connectivity index (χ2v) is 9.79. The maximum Gasteiger partial charge on any atom is 0.193 e. The van der Waals surface area contributed by atoms with Gasteiger partial charge in [0, 0.05) is 39.5 Å². The fourth-order valence-electron chi connectivity index (χ4n) is 5.70. The molecule has 2 heteroatoms. The van der Waals surface area contributed by atoms with Crippen molar-refractivity contribution in [2.75, 3.05) is 0 Å². The first kappa shape index (κ1) is 20.9. The molecule has 7 aromatic rings. The lowest BCUT2D eigenvalue weighted by Crippen LogP contribution is -2.01. The Hall–Kier alpha value is -4.43. The lowest BCUT2D eigenvalue weighted by Gasteiger charge is -2.08. The summed E-state index contributed by atoms with van der Waals surface area (Å²) < 4.78 is 2.32. The Balaban J connectivity index is 1.36. The van der Waals surface area contributed by atoms with E-state index in [1.165, 1.54) is 43.5 Å². The average Bonchev–Trinajstić information content (AvgIpc) is 3.22. The maximum atomic E-state index is 13.6. The number of hydrogen-bond acceptors (Lipinski definition) is 1. The molecule has 0 atom stereocenters. The SMILES string of the molecule is CCn1c2ccc(C)cc2c2cc(C(=O)c3ccc4cc5cc6ccccc6cc5cc4c3)ccc21. The average molecular weight is 464 g/mol. The number of benzene rings is 6. The monoisotopic (exact) mass is 463 g/mol. The first-order chi connectivity index (χ1) is 17.6. The van der Waals surface area contributed by atoms with Gasteiger partial charge in [0.15, 0.2) is 5.78 Å². The van der Waals surface area contributed by atoms with E-state index in [-0.39, 0.29) is 5.78 Å². The summed E-state index contributed by atoms with van der Waals surface area (Å²) in [6.45, 7) is 5.18. The highest BCUT2D eigenvalue weighted by Crippen LogP contribution is 2.32. The van der Waals surface area contributed by atoms with E-state index in [0.29, 0.717) is 0 Å². The highest BCUT2D eigenvalue weighted by molar-refractivity contribution is 6.16. The van der Waals surface area contributed by atoms with Crippen molar-refractivity contribution in [3.63, 3.8) is 0 Å². The Morgan fingerprint density at radius 2 is 1.11 bits per heavy atom. The quantitative estimate of drug-likeness (QED) is 0.189. The second kappa shape index (κ2) is 7.79. The summed E-state index contributed by atoms with van der Waals surface area (Å²) in [4.78, 5) is 13.6. The smallest absolute Gasteiger partial charge is 0.193 e. The van der Waals surface area contributed by atoms with Crippen LogP contribution in [0.5, 0.6) is 0 Å². The van der Waals surface area contributed by atoms with Crippen molar-refractivity contribution in [2.24, 2.45) is 0 Å². The molecule has 0 N–H and O–H groups in total. The summed E-state index contributed by atoms with van der Waals surface area (Å²) >= 11 is 0. The Bertz CT molecular complexity index is 2010. The van der Waals surface area contributed by atoms with Crippen molar-refractivity contribution in [3.8, 4) is 0 Å². The van der Waals surface area contributed by atoms with E-state index >= 15 is 0 Å². The van der Waals surface area contributed by atoms with E-state index < -0.39 is 0 Å². The third kappa shape index (κ3) is 3.15. The summed E-state index contributed by atoms with van der Waals surface area (Å²) in [5, 5.41) is 9.45. The molecular weight excluding hydrogens is 438 g/mol. The van der Waals surface area contributed by atoms with Crippen LogP contribution >= 0.6 is 0 Å². The van der Waals surface area contributed by atoms with Crippen LogP contribution in [0.2, 0.25) is 0 Å². The van der Waals surface area contributed by atoms with Crippen LogP contribution in [0.4, 0.5) is 0 Å². The van der Waals surface area contributed by atoms with Crippen molar-refractivity contribution in [1.29, 1.82) is 0 Å². The second-order valence-electron chi connectivity index (χ2n) is 9.79. The summed E-state index contributed by atoms with van der Waals surface area (Å²) in [7, 11) is 0. The molecule has 1 aromatic heterocycles. The third-order valence-electron chi connectivity index (χ3n) is 7.52. The molecule has 172 valence electrons. The first-order valence-corrected chi connectivity index (χ1v) is 12.5. The van der Waals surface area contributed by atoms with Gasteiger partial charge in [-0.3, -0.25) is 4.79 Å². The van der Waals surface area contributed by atoms with Crippen LogP contribution in [-0.2, 0) is 6.54 Å². The zero-order valence-electron chi connectivity index (χ0n) is 20.4. The molecule has 0 saturated carbocycles. The molecular formula is C34H25NO. The Morgan fingerprint density at radius 1 is 0.583 bits per heavy atom. The van der Waals surface area contributed by atoms with E-state index in [0.717, 1.165) is 33.8 Å². The molecule has 0 aliphatic heterocycles. The number of aromatic nitrogens is 1.